The summed E-state index contributed by atoms with van der Waals surface area (Å²) in [6.45, 7) is 5.42. The number of likely N-dealkylation sites (N-methyl/N-ethyl adjacent to an activating group) is 1. The van der Waals surface area contributed by atoms with Crippen molar-refractivity contribution in [3.8, 4) is 11.5 Å². The number of ether oxygens (including phenoxy) is 2. The fraction of sp³-hybridized carbons (Fsp3) is 0.414. The van der Waals surface area contributed by atoms with Gasteiger partial charge in [-0.25, -0.2) is 8.42 Å². The Labute approximate surface area is 240 Å². The van der Waals surface area contributed by atoms with Crippen molar-refractivity contribution in [2.24, 2.45) is 5.92 Å². The summed E-state index contributed by atoms with van der Waals surface area (Å²) in [5.74, 6) is 1.15. The van der Waals surface area contributed by atoms with Gasteiger partial charge in [0.25, 0.3) is 10.0 Å². The first-order valence-corrected chi connectivity index (χ1v) is 15.5. The molecule has 216 valence electrons. The van der Waals surface area contributed by atoms with E-state index in [9.17, 15) is 18.3 Å². The highest BCUT2D eigenvalue weighted by molar-refractivity contribution is 7.94. The van der Waals surface area contributed by atoms with Crippen LogP contribution in [0.3, 0.4) is 0 Å². The highest BCUT2D eigenvalue weighted by Crippen LogP contribution is 2.30. The Kier molecular flexibility index (Phi) is 9.72. The van der Waals surface area contributed by atoms with Gasteiger partial charge >= 0.3 is 0 Å². The number of methoxy groups -OCH3 is 1. The zero-order valence-electron chi connectivity index (χ0n) is 23.2. The molecular weight excluding hydrogens is 550 g/mol. The van der Waals surface area contributed by atoms with Crippen LogP contribution in [0.4, 0.5) is 5.69 Å². The molecule has 2 aromatic carbocycles. The Bertz CT molecular complexity index is 1380. The first-order chi connectivity index (χ1) is 19.1. The Morgan fingerprint density at radius 1 is 1.23 bits per heavy atom. The highest BCUT2D eigenvalue weighted by atomic mass is 32.2. The Morgan fingerprint density at radius 2 is 1.98 bits per heavy atom. The van der Waals surface area contributed by atoms with E-state index in [-0.39, 0.29) is 41.2 Å². The predicted molar refractivity (Wildman–Crippen MR) is 156 cm³/mol. The van der Waals surface area contributed by atoms with E-state index < -0.39 is 10.0 Å². The minimum Gasteiger partial charge on any atom is -0.497 e. The average Bonchev–Trinajstić information content (AvgIpc) is 3.49. The highest BCUT2D eigenvalue weighted by Gasteiger charge is 2.31. The number of hydrogen-bond acceptors (Lipinski definition) is 8. The number of anilines is 1. The maximum Gasteiger partial charge on any atom is 0.271 e. The van der Waals surface area contributed by atoms with Gasteiger partial charge in [0, 0.05) is 36.8 Å². The van der Waals surface area contributed by atoms with Gasteiger partial charge in [-0.15, -0.1) is 11.3 Å². The van der Waals surface area contributed by atoms with E-state index in [0.717, 1.165) is 22.6 Å². The number of hydrogen-bond donors (Lipinski definition) is 2. The fourth-order valence-corrected chi connectivity index (χ4v) is 6.79. The summed E-state index contributed by atoms with van der Waals surface area (Å²) >= 11 is 1.13. The number of carbonyl (C=O) groups is 1. The molecule has 0 unspecified atom stereocenters. The van der Waals surface area contributed by atoms with Gasteiger partial charge in [0.05, 0.1) is 26.2 Å². The normalized spacial score (nSPS) is 18.8. The summed E-state index contributed by atoms with van der Waals surface area (Å²) in [4.78, 5) is 17.3. The van der Waals surface area contributed by atoms with Gasteiger partial charge in [0.15, 0.2) is 0 Å². The third kappa shape index (κ3) is 7.34. The first kappa shape index (κ1) is 29.9. The summed E-state index contributed by atoms with van der Waals surface area (Å²) in [6.07, 6.45) is -0.245. The van der Waals surface area contributed by atoms with Crippen LogP contribution in [-0.4, -0.2) is 75.2 Å². The quantitative estimate of drug-likeness (QED) is 0.371. The van der Waals surface area contributed by atoms with Gasteiger partial charge in [-0.3, -0.25) is 14.4 Å². The molecule has 3 aromatic rings. The van der Waals surface area contributed by atoms with Crippen LogP contribution in [0.5, 0.6) is 11.5 Å². The van der Waals surface area contributed by atoms with Crippen LogP contribution < -0.4 is 14.2 Å². The third-order valence-corrected chi connectivity index (χ3v) is 9.81. The number of nitrogens with one attached hydrogen (secondary N) is 1. The lowest BCUT2D eigenvalue weighted by molar-refractivity contribution is -0.134. The van der Waals surface area contributed by atoms with Crippen LogP contribution in [0.25, 0.3) is 0 Å². The molecule has 1 aromatic heterocycles. The molecule has 1 amide bonds. The van der Waals surface area contributed by atoms with E-state index in [0.29, 0.717) is 36.6 Å². The number of aliphatic hydroxyl groups is 1. The van der Waals surface area contributed by atoms with Crippen LogP contribution >= 0.6 is 11.3 Å². The maximum absolute atomic E-state index is 13.4. The molecule has 0 bridgehead atoms. The van der Waals surface area contributed by atoms with Crippen molar-refractivity contribution >= 4 is 33.0 Å². The van der Waals surface area contributed by atoms with Crippen molar-refractivity contribution in [1.29, 1.82) is 0 Å². The number of benzene rings is 2. The summed E-state index contributed by atoms with van der Waals surface area (Å²) in [7, 11) is -0.0821. The van der Waals surface area contributed by atoms with Crippen molar-refractivity contribution in [2.75, 3.05) is 38.6 Å². The molecule has 0 saturated heterocycles. The Hall–Kier alpha value is -3.12. The Morgan fingerprint density at radius 3 is 2.62 bits per heavy atom. The van der Waals surface area contributed by atoms with Gasteiger partial charge in [-0.05, 0) is 61.3 Å². The topological polar surface area (TPSA) is 108 Å². The largest absolute Gasteiger partial charge is 0.497 e. The summed E-state index contributed by atoms with van der Waals surface area (Å²) in [5, 5.41) is 11.6. The van der Waals surface area contributed by atoms with E-state index >= 15 is 0 Å². The molecule has 4 rings (SSSR count). The first-order valence-electron chi connectivity index (χ1n) is 13.2. The molecule has 0 fully saturated rings. The monoisotopic (exact) mass is 587 g/mol. The fourth-order valence-electron chi connectivity index (χ4n) is 4.75. The number of aliphatic hydroxyl groups excluding tert-OH is 1. The van der Waals surface area contributed by atoms with Crippen LogP contribution in [0.2, 0.25) is 0 Å². The van der Waals surface area contributed by atoms with Crippen molar-refractivity contribution in [2.45, 2.75) is 43.2 Å². The smallest absolute Gasteiger partial charge is 0.271 e. The molecule has 2 heterocycles. The van der Waals surface area contributed by atoms with Gasteiger partial charge < -0.3 is 19.5 Å². The Balaban J connectivity index is 1.60. The van der Waals surface area contributed by atoms with E-state index in [4.69, 9.17) is 9.47 Å². The van der Waals surface area contributed by atoms with Gasteiger partial charge in [0.1, 0.15) is 21.8 Å². The molecule has 11 heteroatoms. The standard InChI is InChI=1S/C29H37N3O6S2/c1-20-16-32(21(2)19-33)28(34)15-23-14-24(30-40(35,36)29-6-5-13-39-29)9-12-26(23)38-27(20)18-31(3)17-22-7-10-25(37-4)11-8-22/h5-14,20-21,27,30,33H,15-19H2,1-4H3/t20-,21-,27-/m1/s1. The van der Waals surface area contributed by atoms with Gasteiger partial charge in [0.2, 0.25) is 5.91 Å². The molecule has 1 aliphatic heterocycles. The maximum atomic E-state index is 13.4. The number of thiophene rings is 1. The van der Waals surface area contributed by atoms with Crippen molar-refractivity contribution in [3.05, 3.63) is 71.1 Å². The third-order valence-electron chi connectivity index (χ3n) is 7.03. The molecule has 9 nitrogen and oxygen atoms in total. The SMILES string of the molecule is COc1ccc(CN(C)C[C@H]2Oc3ccc(NS(=O)(=O)c4cccs4)cc3CC(=O)N([C@H](C)CO)C[C@H]2C)cc1. The van der Waals surface area contributed by atoms with E-state index in [1.165, 1.54) is 0 Å². The van der Waals surface area contributed by atoms with Crippen LogP contribution in [0.1, 0.15) is 25.0 Å². The number of sulfonamides is 1. The molecule has 0 saturated carbocycles. The van der Waals surface area contributed by atoms with Gasteiger partial charge in [-0.2, -0.15) is 0 Å². The molecule has 2 N–H and O–H groups in total. The van der Waals surface area contributed by atoms with E-state index in [1.54, 1.807) is 47.7 Å². The molecule has 0 spiro atoms. The van der Waals surface area contributed by atoms with E-state index in [2.05, 4.69) is 9.62 Å². The number of amides is 1. The minimum atomic E-state index is -3.75. The van der Waals surface area contributed by atoms with E-state index in [1.807, 2.05) is 45.2 Å². The molecule has 0 radical (unpaired) electrons. The minimum absolute atomic E-state index is 0.0232. The lowest BCUT2D eigenvalue weighted by atomic mass is 10.0. The molecule has 0 aliphatic carbocycles. The number of rotatable bonds is 10. The summed E-state index contributed by atoms with van der Waals surface area (Å²) in [6, 6.07) is 15.8. The summed E-state index contributed by atoms with van der Waals surface area (Å²) < 4.78 is 40.3. The van der Waals surface area contributed by atoms with Crippen LogP contribution in [0, 0.1) is 5.92 Å². The molecule has 40 heavy (non-hydrogen) atoms. The van der Waals surface area contributed by atoms with Crippen molar-refractivity contribution < 1.29 is 27.8 Å². The molecular formula is C29H37N3O6S2. The zero-order chi connectivity index (χ0) is 28.9. The predicted octanol–water partition coefficient (Wildman–Crippen LogP) is 3.84. The molecule has 3 atom stereocenters. The number of nitrogens with zero attached hydrogens (tertiary/aromatic N) is 2. The lowest BCUT2D eigenvalue weighted by Crippen LogP contribution is -2.47. The van der Waals surface area contributed by atoms with Crippen LogP contribution in [-0.2, 0) is 27.8 Å². The molecule has 1 aliphatic rings. The second-order valence-electron chi connectivity index (χ2n) is 10.3. The van der Waals surface area contributed by atoms with Crippen molar-refractivity contribution in [3.63, 3.8) is 0 Å². The second kappa shape index (κ2) is 13.0. The zero-order valence-corrected chi connectivity index (χ0v) is 24.9. The second-order valence-corrected chi connectivity index (χ2v) is 13.1. The van der Waals surface area contributed by atoms with Crippen LogP contribution in [0.15, 0.2) is 64.2 Å². The number of carbonyl (C=O) groups excluding carboxylic acids is 1. The van der Waals surface area contributed by atoms with Gasteiger partial charge in [-0.1, -0.05) is 25.1 Å². The van der Waals surface area contributed by atoms with Crippen molar-refractivity contribution in [1.82, 2.24) is 9.80 Å². The number of fused-ring (bicyclic) bond motifs is 1. The summed E-state index contributed by atoms with van der Waals surface area (Å²) in [5.41, 5.74) is 2.07. The lowest BCUT2D eigenvalue weighted by Gasteiger charge is -2.34. The average molecular weight is 588 g/mol.